The maximum absolute atomic E-state index is 3.71. The molecule has 15 heavy (non-hydrogen) atoms. The van der Waals surface area contributed by atoms with Crippen molar-refractivity contribution in [3.63, 3.8) is 0 Å². The molecule has 0 atom stereocenters. The molecule has 0 aromatic rings. The highest BCUT2D eigenvalue weighted by molar-refractivity contribution is 4.84. The van der Waals surface area contributed by atoms with Gasteiger partial charge in [0.05, 0.1) is 0 Å². The average molecular weight is 212 g/mol. The van der Waals surface area contributed by atoms with Gasteiger partial charge in [-0.25, -0.2) is 0 Å². The Morgan fingerprint density at radius 3 is 2.07 bits per heavy atom. The van der Waals surface area contributed by atoms with Gasteiger partial charge in [-0.1, -0.05) is 20.8 Å². The zero-order chi connectivity index (χ0) is 11.1. The summed E-state index contributed by atoms with van der Waals surface area (Å²) in [4.78, 5) is 0. The second kappa shape index (κ2) is 6.49. The standard InChI is InChI=1S/C13H28N2/c1-4-13(5-2,6-3)15-10-9-14-11-12-7-8-12/h12,14-15H,4-11H2,1-3H3. The van der Waals surface area contributed by atoms with Crippen LogP contribution in [0.1, 0.15) is 52.9 Å². The van der Waals surface area contributed by atoms with Crippen LogP contribution < -0.4 is 10.6 Å². The fourth-order valence-electron chi connectivity index (χ4n) is 2.17. The van der Waals surface area contributed by atoms with Gasteiger partial charge in [-0.05, 0) is 44.6 Å². The van der Waals surface area contributed by atoms with Crippen molar-refractivity contribution in [1.82, 2.24) is 10.6 Å². The molecule has 1 saturated carbocycles. The molecule has 0 saturated heterocycles. The van der Waals surface area contributed by atoms with E-state index in [2.05, 4.69) is 31.4 Å². The van der Waals surface area contributed by atoms with Gasteiger partial charge < -0.3 is 10.6 Å². The minimum absolute atomic E-state index is 0.390. The Kier molecular flexibility index (Phi) is 5.62. The molecule has 90 valence electrons. The SMILES string of the molecule is CCC(CC)(CC)NCCNCC1CC1. The maximum Gasteiger partial charge on any atom is 0.0174 e. The Labute approximate surface area is 95.2 Å². The summed E-state index contributed by atoms with van der Waals surface area (Å²) in [5, 5.41) is 7.24. The molecular weight excluding hydrogens is 184 g/mol. The summed E-state index contributed by atoms with van der Waals surface area (Å²) in [5.41, 5.74) is 0.390. The summed E-state index contributed by atoms with van der Waals surface area (Å²) in [6.45, 7) is 10.3. The summed E-state index contributed by atoms with van der Waals surface area (Å²) >= 11 is 0. The van der Waals surface area contributed by atoms with Crippen molar-refractivity contribution in [3.8, 4) is 0 Å². The predicted molar refractivity (Wildman–Crippen MR) is 67.2 cm³/mol. The van der Waals surface area contributed by atoms with Gasteiger partial charge in [0.15, 0.2) is 0 Å². The molecule has 1 fully saturated rings. The van der Waals surface area contributed by atoms with Gasteiger partial charge in [0, 0.05) is 18.6 Å². The van der Waals surface area contributed by atoms with E-state index in [4.69, 9.17) is 0 Å². The van der Waals surface area contributed by atoms with Crippen LogP contribution >= 0.6 is 0 Å². The number of hydrogen-bond donors (Lipinski definition) is 2. The highest BCUT2D eigenvalue weighted by Gasteiger charge is 2.23. The minimum atomic E-state index is 0.390. The largest absolute Gasteiger partial charge is 0.315 e. The van der Waals surface area contributed by atoms with Crippen LogP contribution in [-0.4, -0.2) is 25.2 Å². The smallest absolute Gasteiger partial charge is 0.0174 e. The highest BCUT2D eigenvalue weighted by Crippen LogP contribution is 2.27. The third kappa shape index (κ3) is 4.52. The summed E-state index contributed by atoms with van der Waals surface area (Å²) < 4.78 is 0. The first-order valence-corrected chi connectivity index (χ1v) is 6.72. The number of hydrogen-bond acceptors (Lipinski definition) is 2. The maximum atomic E-state index is 3.71. The molecule has 0 spiro atoms. The lowest BCUT2D eigenvalue weighted by Gasteiger charge is -2.32. The van der Waals surface area contributed by atoms with Crippen molar-refractivity contribution in [3.05, 3.63) is 0 Å². The van der Waals surface area contributed by atoms with Gasteiger partial charge in [-0.3, -0.25) is 0 Å². The average Bonchev–Trinajstić information content (AvgIpc) is 3.08. The Morgan fingerprint density at radius 2 is 1.60 bits per heavy atom. The van der Waals surface area contributed by atoms with Gasteiger partial charge in [0.2, 0.25) is 0 Å². The van der Waals surface area contributed by atoms with Gasteiger partial charge in [0.25, 0.3) is 0 Å². The molecule has 1 aliphatic rings. The van der Waals surface area contributed by atoms with E-state index in [0.717, 1.165) is 19.0 Å². The van der Waals surface area contributed by atoms with Crippen LogP contribution in [0.5, 0.6) is 0 Å². The van der Waals surface area contributed by atoms with Crippen LogP contribution in [0.3, 0.4) is 0 Å². The molecule has 0 heterocycles. The molecule has 0 bridgehead atoms. The van der Waals surface area contributed by atoms with Crippen LogP contribution in [0.4, 0.5) is 0 Å². The molecule has 1 aliphatic carbocycles. The highest BCUT2D eigenvalue weighted by atomic mass is 15.0. The van der Waals surface area contributed by atoms with Gasteiger partial charge in [0.1, 0.15) is 0 Å². The van der Waals surface area contributed by atoms with E-state index in [1.165, 1.54) is 38.6 Å². The Bertz CT molecular complexity index is 152. The third-order valence-electron chi connectivity index (χ3n) is 3.96. The van der Waals surface area contributed by atoms with Crippen LogP contribution in [0.25, 0.3) is 0 Å². The zero-order valence-electron chi connectivity index (χ0n) is 10.7. The predicted octanol–water partition coefficient (Wildman–Crippen LogP) is 2.54. The van der Waals surface area contributed by atoms with E-state index in [1.54, 1.807) is 0 Å². The first-order chi connectivity index (χ1) is 7.26. The molecule has 0 amide bonds. The third-order valence-corrected chi connectivity index (χ3v) is 3.96. The molecule has 2 nitrogen and oxygen atoms in total. The number of nitrogens with one attached hydrogen (secondary N) is 2. The number of rotatable bonds is 9. The van der Waals surface area contributed by atoms with E-state index in [1.807, 2.05) is 0 Å². The lowest BCUT2D eigenvalue weighted by atomic mass is 9.90. The summed E-state index contributed by atoms with van der Waals surface area (Å²) in [7, 11) is 0. The monoisotopic (exact) mass is 212 g/mol. The van der Waals surface area contributed by atoms with Gasteiger partial charge in [-0.15, -0.1) is 0 Å². The van der Waals surface area contributed by atoms with Crippen molar-refractivity contribution in [2.24, 2.45) is 5.92 Å². The molecule has 2 heteroatoms. The lowest BCUT2D eigenvalue weighted by molar-refractivity contribution is 0.290. The molecular formula is C13H28N2. The summed E-state index contributed by atoms with van der Waals surface area (Å²) in [6, 6.07) is 0. The molecule has 1 rings (SSSR count). The zero-order valence-corrected chi connectivity index (χ0v) is 10.7. The van der Waals surface area contributed by atoms with Crippen molar-refractivity contribution >= 4 is 0 Å². The van der Waals surface area contributed by atoms with E-state index in [9.17, 15) is 0 Å². The first-order valence-electron chi connectivity index (χ1n) is 6.72. The van der Waals surface area contributed by atoms with Crippen molar-refractivity contribution in [1.29, 1.82) is 0 Å². The first kappa shape index (κ1) is 13.0. The molecule has 0 unspecified atom stereocenters. The van der Waals surface area contributed by atoms with E-state index < -0.39 is 0 Å². The molecule has 0 aliphatic heterocycles. The fraction of sp³-hybridized carbons (Fsp3) is 1.00. The molecule has 0 radical (unpaired) electrons. The molecule has 0 aromatic heterocycles. The van der Waals surface area contributed by atoms with Crippen LogP contribution in [-0.2, 0) is 0 Å². The topological polar surface area (TPSA) is 24.1 Å². The van der Waals surface area contributed by atoms with E-state index in [-0.39, 0.29) is 0 Å². The second-order valence-corrected chi connectivity index (χ2v) is 4.92. The van der Waals surface area contributed by atoms with Crippen LogP contribution in [0, 0.1) is 5.92 Å². The van der Waals surface area contributed by atoms with Crippen molar-refractivity contribution in [2.45, 2.75) is 58.4 Å². The Hall–Kier alpha value is -0.0800. The van der Waals surface area contributed by atoms with Crippen molar-refractivity contribution in [2.75, 3.05) is 19.6 Å². The summed E-state index contributed by atoms with van der Waals surface area (Å²) in [6.07, 6.45) is 6.61. The van der Waals surface area contributed by atoms with Gasteiger partial charge in [-0.2, -0.15) is 0 Å². The van der Waals surface area contributed by atoms with E-state index >= 15 is 0 Å². The molecule has 2 N–H and O–H groups in total. The van der Waals surface area contributed by atoms with Gasteiger partial charge >= 0.3 is 0 Å². The molecule has 0 aromatic carbocycles. The fourth-order valence-corrected chi connectivity index (χ4v) is 2.17. The second-order valence-electron chi connectivity index (χ2n) is 4.92. The minimum Gasteiger partial charge on any atom is -0.315 e. The lowest BCUT2D eigenvalue weighted by Crippen LogP contribution is -2.46. The van der Waals surface area contributed by atoms with E-state index in [0.29, 0.717) is 5.54 Å². The Balaban J connectivity index is 2.04. The summed E-state index contributed by atoms with van der Waals surface area (Å²) in [5.74, 6) is 0.998. The van der Waals surface area contributed by atoms with Crippen molar-refractivity contribution < 1.29 is 0 Å². The van der Waals surface area contributed by atoms with Crippen LogP contribution in [0.15, 0.2) is 0 Å². The normalized spacial score (nSPS) is 17.0. The quantitative estimate of drug-likeness (QED) is 0.574. The Morgan fingerprint density at radius 1 is 1.00 bits per heavy atom. The van der Waals surface area contributed by atoms with Crippen LogP contribution in [0.2, 0.25) is 0 Å².